The van der Waals surface area contributed by atoms with Crippen LogP contribution in [-0.2, 0) is 0 Å². The second-order valence-corrected chi connectivity index (χ2v) is 6.00. The first-order valence-corrected chi connectivity index (χ1v) is 7.92. The van der Waals surface area contributed by atoms with E-state index in [-0.39, 0.29) is 0 Å². The van der Waals surface area contributed by atoms with Gasteiger partial charge in [0.2, 0.25) is 0 Å². The van der Waals surface area contributed by atoms with E-state index in [4.69, 9.17) is 16.4 Å². The fourth-order valence-corrected chi connectivity index (χ4v) is 3.15. The van der Waals surface area contributed by atoms with Gasteiger partial charge in [0, 0.05) is 38.5 Å². The van der Waals surface area contributed by atoms with E-state index in [2.05, 4.69) is 58.5 Å². The average Bonchev–Trinajstić information content (AvgIpc) is 3.09. The first-order chi connectivity index (χ1) is 12.2. The van der Waals surface area contributed by atoms with Gasteiger partial charge in [-0.15, -0.1) is 11.3 Å². The summed E-state index contributed by atoms with van der Waals surface area (Å²) in [7, 11) is 4.07. The van der Waals surface area contributed by atoms with Crippen molar-refractivity contribution in [3.63, 3.8) is 0 Å². The maximum absolute atomic E-state index is 6.50. The third kappa shape index (κ3) is 4.77. The number of rotatable bonds is 3. The summed E-state index contributed by atoms with van der Waals surface area (Å²) in [6.07, 6.45) is 1.64. The van der Waals surface area contributed by atoms with E-state index in [9.17, 15) is 0 Å². The molecule has 1 heterocycles. The number of nitriles is 2. The van der Waals surface area contributed by atoms with E-state index in [1.807, 2.05) is 26.2 Å². The molecule has 2 N–H and O–H groups in total. The molecule has 0 atom stereocenters. The van der Waals surface area contributed by atoms with Crippen molar-refractivity contribution in [1.29, 1.82) is 10.5 Å². The van der Waals surface area contributed by atoms with Gasteiger partial charge in [0.1, 0.15) is 5.01 Å². The van der Waals surface area contributed by atoms with Crippen LogP contribution in [0.3, 0.4) is 0 Å². The zero-order valence-electron chi connectivity index (χ0n) is 14.0. The Kier molecular flexibility index (Phi) is 7.58. The zero-order chi connectivity index (χ0) is 18.8. The molecular weight excluding hydrogens is 332 g/mol. The molecule has 0 unspecified atom stereocenters. The summed E-state index contributed by atoms with van der Waals surface area (Å²) < 4.78 is 1.14. The Morgan fingerprint density at radius 2 is 1.72 bits per heavy atom. The summed E-state index contributed by atoms with van der Waals surface area (Å²) in [5.74, 6) is 5.19. The highest BCUT2D eigenvalue weighted by Gasteiger charge is 2.07. The highest BCUT2D eigenvalue weighted by molar-refractivity contribution is 7.21. The van der Waals surface area contributed by atoms with Crippen LogP contribution in [0.15, 0.2) is 47.6 Å². The summed E-state index contributed by atoms with van der Waals surface area (Å²) in [4.78, 5) is 6.77. The molecule has 0 saturated carbocycles. The van der Waals surface area contributed by atoms with Crippen molar-refractivity contribution in [3.05, 3.63) is 48.0 Å². The molecule has 7 heteroatoms. The van der Waals surface area contributed by atoms with E-state index in [1.165, 1.54) is 5.69 Å². The largest absolute Gasteiger partial charge is 0.378 e. The maximum Gasteiger partial charge on any atom is 0.124 e. The number of nitrogens with zero attached hydrogens (tertiary/aromatic N) is 5. The van der Waals surface area contributed by atoms with Gasteiger partial charge in [-0.2, -0.15) is 5.10 Å². The average molecular weight is 350 g/mol. The van der Waals surface area contributed by atoms with Crippen molar-refractivity contribution in [2.75, 3.05) is 19.0 Å². The van der Waals surface area contributed by atoms with Gasteiger partial charge >= 0.3 is 0 Å². The Bertz CT molecular complexity index is 869. The van der Waals surface area contributed by atoms with Gasteiger partial charge in [-0.1, -0.05) is 6.07 Å². The van der Waals surface area contributed by atoms with Gasteiger partial charge in [0.15, 0.2) is 0 Å². The van der Waals surface area contributed by atoms with Crippen LogP contribution < -0.4 is 10.7 Å². The molecule has 3 rings (SSSR count). The SMILES string of the molecule is C#N.C#N.CN(C)c1ccc(-c2nc3ccc(C=NN)cc3s2)cc1. The standard InChI is InChI=1S/C16H16N4S.2CHN/c1-20(2)13-6-4-12(5-7-13)16-19-14-8-3-11(10-18-17)9-15(14)21-16;2*1-2/h3-10H,17H2,1-2H3;2*1H. The Labute approximate surface area is 151 Å². The quantitative estimate of drug-likeness (QED) is 0.442. The molecule has 0 aliphatic rings. The molecule has 0 spiro atoms. The van der Waals surface area contributed by atoms with Crippen LogP contribution in [0.4, 0.5) is 5.69 Å². The highest BCUT2D eigenvalue weighted by atomic mass is 32.1. The molecule has 6 nitrogen and oxygen atoms in total. The van der Waals surface area contributed by atoms with Crippen molar-refractivity contribution in [3.8, 4) is 23.7 Å². The van der Waals surface area contributed by atoms with Crippen molar-refractivity contribution >= 4 is 33.5 Å². The Morgan fingerprint density at radius 3 is 2.28 bits per heavy atom. The summed E-state index contributed by atoms with van der Waals surface area (Å²) in [6, 6.07) is 14.4. The Balaban J connectivity index is 0.000000730. The third-order valence-electron chi connectivity index (χ3n) is 3.27. The van der Waals surface area contributed by atoms with Crippen LogP contribution >= 0.6 is 11.3 Å². The normalized spacial score (nSPS) is 9.68. The lowest BCUT2D eigenvalue weighted by atomic mass is 10.2. The van der Waals surface area contributed by atoms with Crippen LogP contribution in [0.2, 0.25) is 0 Å². The van der Waals surface area contributed by atoms with E-state index in [0.29, 0.717) is 0 Å². The van der Waals surface area contributed by atoms with Crippen LogP contribution in [0.5, 0.6) is 0 Å². The molecule has 3 aromatic rings. The second-order valence-electron chi connectivity index (χ2n) is 4.97. The van der Waals surface area contributed by atoms with E-state index in [0.717, 1.165) is 26.4 Å². The van der Waals surface area contributed by atoms with Crippen LogP contribution in [0, 0.1) is 23.7 Å². The smallest absolute Gasteiger partial charge is 0.124 e. The minimum atomic E-state index is 0.989. The van der Waals surface area contributed by atoms with Crippen molar-refractivity contribution in [1.82, 2.24) is 4.98 Å². The summed E-state index contributed by atoms with van der Waals surface area (Å²) >= 11 is 1.68. The van der Waals surface area contributed by atoms with E-state index >= 15 is 0 Å². The minimum Gasteiger partial charge on any atom is -0.378 e. The molecule has 0 radical (unpaired) electrons. The summed E-state index contributed by atoms with van der Waals surface area (Å²) in [5, 5.41) is 17.6. The summed E-state index contributed by atoms with van der Waals surface area (Å²) in [5.41, 5.74) is 4.31. The second kappa shape index (κ2) is 9.66. The van der Waals surface area contributed by atoms with E-state index < -0.39 is 0 Å². The van der Waals surface area contributed by atoms with Gasteiger partial charge in [0.25, 0.3) is 0 Å². The lowest BCUT2D eigenvalue weighted by Crippen LogP contribution is -2.07. The zero-order valence-corrected chi connectivity index (χ0v) is 14.8. The van der Waals surface area contributed by atoms with Gasteiger partial charge in [-0.3, -0.25) is 0 Å². The predicted molar refractivity (Wildman–Crippen MR) is 105 cm³/mol. The Morgan fingerprint density at radius 1 is 1.08 bits per heavy atom. The number of nitrogens with two attached hydrogens (primary N) is 1. The highest BCUT2D eigenvalue weighted by Crippen LogP contribution is 2.31. The molecule has 0 saturated heterocycles. The molecule has 126 valence electrons. The molecule has 1 aromatic heterocycles. The topological polar surface area (TPSA) is 102 Å². The molecule has 0 bridgehead atoms. The maximum atomic E-state index is 6.50. The van der Waals surface area contributed by atoms with Gasteiger partial charge in [0.05, 0.1) is 16.4 Å². The predicted octanol–water partition coefficient (Wildman–Crippen LogP) is 3.60. The fourth-order valence-electron chi connectivity index (χ4n) is 2.13. The van der Waals surface area contributed by atoms with Crippen molar-refractivity contribution in [2.45, 2.75) is 0 Å². The monoisotopic (exact) mass is 350 g/mol. The molecule has 25 heavy (non-hydrogen) atoms. The molecule has 0 fully saturated rings. The number of fused-ring (bicyclic) bond motifs is 1. The number of hydrogen-bond donors (Lipinski definition) is 1. The minimum absolute atomic E-state index is 0.989. The van der Waals surface area contributed by atoms with Crippen molar-refractivity contribution in [2.24, 2.45) is 10.9 Å². The lowest BCUT2D eigenvalue weighted by molar-refractivity contribution is 1.13. The Hall–Kier alpha value is -3.42. The lowest BCUT2D eigenvalue weighted by Gasteiger charge is -2.11. The number of benzene rings is 2. The summed E-state index contributed by atoms with van der Waals surface area (Å²) in [6.45, 7) is 7.00. The van der Waals surface area contributed by atoms with E-state index in [1.54, 1.807) is 17.6 Å². The third-order valence-corrected chi connectivity index (χ3v) is 4.33. The van der Waals surface area contributed by atoms with Gasteiger partial charge in [-0.05, 0) is 42.0 Å². The number of aromatic nitrogens is 1. The number of hydrogen-bond acceptors (Lipinski definition) is 7. The van der Waals surface area contributed by atoms with Crippen LogP contribution in [0.1, 0.15) is 5.56 Å². The van der Waals surface area contributed by atoms with Crippen LogP contribution in [-0.4, -0.2) is 25.3 Å². The number of anilines is 1. The molecule has 2 aromatic carbocycles. The molecule has 0 aliphatic carbocycles. The van der Waals surface area contributed by atoms with Gasteiger partial charge in [-0.25, -0.2) is 15.5 Å². The molecule has 0 aliphatic heterocycles. The van der Waals surface area contributed by atoms with Crippen LogP contribution in [0.25, 0.3) is 20.8 Å². The molecular formula is C18H18N6S. The van der Waals surface area contributed by atoms with Crippen molar-refractivity contribution < 1.29 is 0 Å². The fraction of sp³-hybridized carbons (Fsp3) is 0.111. The molecule has 0 amide bonds. The first-order valence-electron chi connectivity index (χ1n) is 7.10. The van der Waals surface area contributed by atoms with Gasteiger partial charge < -0.3 is 10.7 Å². The number of thiazole rings is 1. The number of hydrazone groups is 1. The first kappa shape index (κ1) is 19.6.